The molecule has 4 heteroatoms. The van der Waals surface area contributed by atoms with Gasteiger partial charge >= 0.3 is 0 Å². The maximum atomic E-state index is 12.8. The Bertz CT molecular complexity index is 499. The molecule has 116 valence electrons. The maximum absolute atomic E-state index is 12.8. The van der Waals surface area contributed by atoms with Crippen LogP contribution in [0.25, 0.3) is 0 Å². The first-order valence-corrected chi connectivity index (χ1v) is 7.66. The summed E-state index contributed by atoms with van der Waals surface area (Å²) in [6.07, 6.45) is 3.40. The molecule has 4 nitrogen and oxygen atoms in total. The fraction of sp³-hybridized carbons (Fsp3) is 0.588. The number of ether oxygens (including phenoxy) is 1. The minimum absolute atomic E-state index is 0.0404. The van der Waals surface area contributed by atoms with Crippen LogP contribution in [0, 0.1) is 6.92 Å². The van der Waals surface area contributed by atoms with Gasteiger partial charge in [0.25, 0.3) is 5.91 Å². The average Bonchev–Trinajstić information content (AvgIpc) is 2.47. The molecule has 1 N–H and O–H groups in total. The molecule has 1 aromatic rings. The lowest BCUT2D eigenvalue weighted by molar-refractivity contribution is 0.0514. The lowest BCUT2D eigenvalue weighted by Crippen LogP contribution is -2.45. The molecule has 1 saturated heterocycles. The van der Waals surface area contributed by atoms with E-state index in [1.807, 2.05) is 30.0 Å². The fourth-order valence-electron chi connectivity index (χ4n) is 3.03. The second kappa shape index (κ2) is 6.94. The Morgan fingerprint density at radius 1 is 1.48 bits per heavy atom. The largest absolute Gasteiger partial charge is 0.496 e. The van der Waals surface area contributed by atoms with Crippen LogP contribution in [0.4, 0.5) is 0 Å². The van der Waals surface area contributed by atoms with Crippen molar-refractivity contribution in [2.24, 2.45) is 0 Å². The van der Waals surface area contributed by atoms with Crippen LogP contribution in [0.15, 0.2) is 18.2 Å². The second-order valence-corrected chi connectivity index (χ2v) is 5.92. The molecule has 2 atom stereocenters. The Morgan fingerprint density at radius 2 is 2.24 bits per heavy atom. The summed E-state index contributed by atoms with van der Waals surface area (Å²) >= 11 is 0. The number of nitrogens with zero attached hydrogens (tertiary/aromatic N) is 1. The highest BCUT2D eigenvalue weighted by molar-refractivity contribution is 5.95. The third kappa shape index (κ3) is 3.76. The van der Waals surface area contributed by atoms with Crippen LogP contribution < -0.4 is 4.74 Å². The number of aryl methyl sites for hydroxylation is 1. The van der Waals surface area contributed by atoms with E-state index in [1.54, 1.807) is 14.0 Å². The van der Waals surface area contributed by atoms with E-state index >= 15 is 0 Å². The van der Waals surface area contributed by atoms with E-state index in [0.29, 0.717) is 12.0 Å². The van der Waals surface area contributed by atoms with Gasteiger partial charge in [0.1, 0.15) is 5.75 Å². The van der Waals surface area contributed by atoms with Gasteiger partial charge in [0, 0.05) is 18.2 Å². The molecule has 1 aliphatic heterocycles. The molecular formula is C17H25NO3. The molecular weight excluding hydrogens is 266 g/mol. The highest BCUT2D eigenvalue weighted by Gasteiger charge is 2.28. The van der Waals surface area contributed by atoms with E-state index < -0.39 is 0 Å². The van der Waals surface area contributed by atoms with Crippen LogP contribution in [0.2, 0.25) is 0 Å². The number of likely N-dealkylation sites (tertiary alicyclic amines) is 1. The summed E-state index contributed by atoms with van der Waals surface area (Å²) in [4.78, 5) is 14.7. The second-order valence-electron chi connectivity index (χ2n) is 5.92. The quantitative estimate of drug-likeness (QED) is 0.928. The average molecular weight is 291 g/mol. The summed E-state index contributed by atoms with van der Waals surface area (Å²) in [6, 6.07) is 5.72. The lowest BCUT2D eigenvalue weighted by atomic mass is 9.96. The van der Waals surface area contributed by atoms with Gasteiger partial charge in [-0.05, 0) is 57.2 Å². The molecule has 0 spiro atoms. The summed E-state index contributed by atoms with van der Waals surface area (Å²) in [5.41, 5.74) is 1.68. The van der Waals surface area contributed by atoms with Crippen LogP contribution in [0.3, 0.4) is 0 Å². The molecule has 0 bridgehead atoms. The number of hydrogen-bond donors (Lipinski definition) is 1. The van der Waals surface area contributed by atoms with Gasteiger partial charge in [-0.3, -0.25) is 4.79 Å². The fourth-order valence-corrected chi connectivity index (χ4v) is 3.03. The van der Waals surface area contributed by atoms with Gasteiger partial charge in [-0.15, -0.1) is 0 Å². The van der Waals surface area contributed by atoms with Gasteiger partial charge < -0.3 is 14.7 Å². The van der Waals surface area contributed by atoms with Crippen LogP contribution in [0.5, 0.6) is 5.75 Å². The molecule has 21 heavy (non-hydrogen) atoms. The molecule has 0 radical (unpaired) electrons. The van der Waals surface area contributed by atoms with Crippen LogP contribution in [0.1, 0.15) is 48.5 Å². The first-order chi connectivity index (χ1) is 10.0. The van der Waals surface area contributed by atoms with Crippen LogP contribution in [-0.2, 0) is 0 Å². The number of aliphatic hydroxyl groups excluding tert-OH is 1. The topological polar surface area (TPSA) is 49.8 Å². The Kier molecular flexibility index (Phi) is 5.23. The zero-order valence-electron chi connectivity index (χ0n) is 13.1. The molecule has 0 aromatic heterocycles. The standard InChI is InChI=1S/C17H25NO3/c1-12-7-8-14(11-16(12)21-3)17(20)18-9-5-4-6-15(18)10-13(2)19/h7-8,11,13,15,19H,4-6,9-10H2,1-3H3. The Morgan fingerprint density at radius 3 is 2.90 bits per heavy atom. The molecule has 1 aliphatic rings. The van der Waals surface area contributed by atoms with Crippen molar-refractivity contribution >= 4 is 5.91 Å². The SMILES string of the molecule is COc1cc(C(=O)N2CCCCC2CC(C)O)ccc1C. The van der Waals surface area contributed by atoms with Gasteiger partial charge in [-0.25, -0.2) is 0 Å². The van der Waals surface area contributed by atoms with Crippen molar-refractivity contribution in [1.29, 1.82) is 0 Å². The van der Waals surface area contributed by atoms with E-state index in [0.717, 1.165) is 37.1 Å². The maximum Gasteiger partial charge on any atom is 0.254 e. The summed E-state index contributed by atoms with van der Waals surface area (Å²) in [5, 5.41) is 9.64. The van der Waals surface area contributed by atoms with Crippen LogP contribution >= 0.6 is 0 Å². The summed E-state index contributed by atoms with van der Waals surface area (Å²) in [6.45, 7) is 4.52. The van der Waals surface area contributed by atoms with Crippen molar-refractivity contribution in [3.63, 3.8) is 0 Å². The highest BCUT2D eigenvalue weighted by atomic mass is 16.5. The first-order valence-electron chi connectivity index (χ1n) is 7.66. The molecule has 1 amide bonds. The van der Waals surface area contributed by atoms with Crippen molar-refractivity contribution in [1.82, 2.24) is 4.90 Å². The minimum Gasteiger partial charge on any atom is -0.496 e. The molecule has 0 saturated carbocycles. The summed E-state index contributed by atoms with van der Waals surface area (Å²) < 4.78 is 5.30. The third-order valence-electron chi connectivity index (χ3n) is 4.16. The predicted octanol–water partition coefficient (Wildman–Crippen LogP) is 2.77. The Hall–Kier alpha value is -1.55. The van der Waals surface area contributed by atoms with E-state index in [9.17, 15) is 9.90 Å². The number of hydrogen-bond acceptors (Lipinski definition) is 3. The number of amides is 1. The van der Waals surface area contributed by atoms with E-state index in [1.165, 1.54) is 0 Å². The van der Waals surface area contributed by atoms with Gasteiger partial charge in [-0.1, -0.05) is 6.07 Å². The number of aliphatic hydroxyl groups is 1. The molecule has 1 aromatic carbocycles. The highest BCUT2D eigenvalue weighted by Crippen LogP contribution is 2.25. The number of methoxy groups -OCH3 is 1. The number of benzene rings is 1. The number of rotatable bonds is 4. The Labute approximate surface area is 126 Å². The van der Waals surface area contributed by atoms with Crippen LogP contribution in [-0.4, -0.2) is 41.7 Å². The van der Waals surface area contributed by atoms with Crippen molar-refractivity contribution in [3.8, 4) is 5.75 Å². The summed E-state index contributed by atoms with van der Waals surface area (Å²) in [7, 11) is 1.62. The smallest absolute Gasteiger partial charge is 0.254 e. The normalized spacial score (nSPS) is 20.2. The van der Waals surface area contributed by atoms with Crippen molar-refractivity contribution < 1.29 is 14.6 Å². The van der Waals surface area contributed by atoms with E-state index in [2.05, 4.69) is 0 Å². The lowest BCUT2D eigenvalue weighted by Gasteiger charge is -2.36. The molecule has 2 unspecified atom stereocenters. The number of piperidine rings is 1. The molecule has 2 rings (SSSR count). The van der Waals surface area contributed by atoms with E-state index in [-0.39, 0.29) is 18.1 Å². The minimum atomic E-state index is -0.379. The van der Waals surface area contributed by atoms with Crippen molar-refractivity contribution in [2.75, 3.05) is 13.7 Å². The van der Waals surface area contributed by atoms with Crippen molar-refractivity contribution in [2.45, 2.75) is 51.7 Å². The third-order valence-corrected chi connectivity index (χ3v) is 4.16. The Balaban J connectivity index is 2.20. The first kappa shape index (κ1) is 15.8. The molecule has 1 fully saturated rings. The predicted molar refractivity (Wildman–Crippen MR) is 82.7 cm³/mol. The number of carbonyl (C=O) groups excluding carboxylic acids is 1. The van der Waals surface area contributed by atoms with Gasteiger partial charge in [-0.2, -0.15) is 0 Å². The molecule has 1 heterocycles. The summed E-state index contributed by atoms with van der Waals surface area (Å²) in [5.74, 6) is 0.781. The van der Waals surface area contributed by atoms with Gasteiger partial charge in [0.05, 0.1) is 13.2 Å². The zero-order valence-corrected chi connectivity index (χ0v) is 13.1. The monoisotopic (exact) mass is 291 g/mol. The zero-order chi connectivity index (χ0) is 15.4. The van der Waals surface area contributed by atoms with Crippen molar-refractivity contribution in [3.05, 3.63) is 29.3 Å². The van der Waals surface area contributed by atoms with Gasteiger partial charge in [0.15, 0.2) is 0 Å². The van der Waals surface area contributed by atoms with E-state index in [4.69, 9.17) is 4.74 Å². The number of carbonyl (C=O) groups is 1. The van der Waals surface area contributed by atoms with Gasteiger partial charge in [0.2, 0.25) is 0 Å². The molecule has 0 aliphatic carbocycles.